The smallest absolute Gasteiger partial charge is 0.0537 e. The maximum atomic E-state index is 3.69. The zero-order chi connectivity index (χ0) is 8.36. The Morgan fingerprint density at radius 2 is 2.00 bits per heavy atom. The monoisotopic (exact) mass is 151 g/mol. The van der Waals surface area contributed by atoms with E-state index in [1.54, 1.807) is 0 Å². The fourth-order valence-corrected chi connectivity index (χ4v) is 1.10. The van der Waals surface area contributed by atoms with E-state index in [1.165, 1.54) is 38.3 Å². The van der Waals surface area contributed by atoms with E-state index in [2.05, 4.69) is 20.8 Å². The van der Waals surface area contributed by atoms with E-state index in [9.17, 15) is 0 Å². The highest BCUT2D eigenvalue weighted by Crippen LogP contribution is 2.04. The van der Waals surface area contributed by atoms with Crippen LogP contribution >= 0.6 is 0 Å². The van der Waals surface area contributed by atoms with Gasteiger partial charge in [-0.15, -0.1) is 6.58 Å². The summed E-state index contributed by atoms with van der Waals surface area (Å²) in [5, 5.41) is 0. The topological polar surface area (TPSA) is 0 Å². The van der Waals surface area contributed by atoms with E-state index in [-0.39, 0.29) is 0 Å². The molecule has 1 heteroatoms. The Labute approximate surface area is 72.3 Å². The second-order valence-electron chi connectivity index (χ2n) is 3.00. The third kappa shape index (κ3) is 9.80. The minimum absolute atomic E-state index is 1.15. The largest absolute Gasteiger partial charge is 0.336 e. The molecule has 0 aliphatic rings. The van der Waals surface area contributed by atoms with Crippen LogP contribution in [0.4, 0.5) is 0 Å². The first-order valence-electron chi connectivity index (χ1n) is 4.84. The standard InChI is InChI=1S/C10H20B/c1-3-5-7-8-10-11-9-6-4-2/h4H,2-3,5-10H2,1H3/q-1. The zero-order valence-electron chi connectivity index (χ0n) is 7.81. The second kappa shape index (κ2) is 9.80. The molecule has 0 N–H and O–H groups in total. The van der Waals surface area contributed by atoms with Crippen molar-refractivity contribution in [2.45, 2.75) is 51.7 Å². The van der Waals surface area contributed by atoms with Gasteiger partial charge in [0.15, 0.2) is 0 Å². The van der Waals surface area contributed by atoms with Crippen molar-refractivity contribution < 1.29 is 0 Å². The van der Waals surface area contributed by atoms with Crippen molar-refractivity contribution in [3.63, 3.8) is 0 Å². The van der Waals surface area contributed by atoms with E-state index in [0.29, 0.717) is 0 Å². The summed E-state index contributed by atoms with van der Waals surface area (Å²) in [6.45, 7) is 5.94. The maximum absolute atomic E-state index is 3.69. The molecule has 0 aromatic heterocycles. The van der Waals surface area contributed by atoms with Crippen LogP contribution in [0.25, 0.3) is 0 Å². The van der Waals surface area contributed by atoms with E-state index in [4.69, 9.17) is 0 Å². The van der Waals surface area contributed by atoms with Crippen LogP contribution in [0.2, 0.25) is 12.6 Å². The molecule has 0 fully saturated rings. The highest BCUT2D eigenvalue weighted by molar-refractivity contribution is 6.35. The average molecular weight is 151 g/mol. The van der Waals surface area contributed by atoms with E-state index in [1.807, 2.05) is 6.08 Å². The molecule has 0 amide bonds. The fraction of sp³-hybridized carbons (Fsp3) is 0.800. The first-order valence-corrected chi connectivity index (χ1v) is 4.84. The van der Waals surface area contributed by atoms with Gasteiger partial charge < -0.3 is 7.28 Å². The molecule has 0 aromatic rings. The lowest BCUT2D eigenvalue weighted by Crippen LogP contribution is -1.87. The van der Waals surface area contributed by atoms with Gasteiger partial charge in [0.05, 0.1) is 0 Å². The van der Waals surface area contributed by atoms with Crippen molar-refractivity contribution in [3.05, 3.63) is 12.7 Å². The Balaban J connectivity index is 2.74. The zero-order valence-corrected chi connectivity index (χ0v) is 7.81. The van der Waals surface area contributed by atoms with Crippen LogP contribution in [0.3, 0.4) is 0 Å². The SMILES string of the molecule is C=CCC[B-]CCCCCC. The summed E-state index contributed by atoms with van der Waals surface area (Å²) < 4.78 is 0. The van der Waals surface area contributed by atoms with E-state index >= 15 is 0 Å². The molecule has 64 valence electrons. The molecule has 0 aliphatic heterocycles. The molecule has 0 saturated heterocycles. The molecule has 0 spiro atoms. The molecule has 0 saturated carbocycles. The van der Waals surface area contributed by atoms with Gasteiger partial charge in [-0.3, -0.25) is 0 Å². The highest BCUT2D eigenvalue weighted by atomic mass is 13.9. The quantitative estimate of drug-likeness (QED) is 0.282. The van der Waals surface area contributed by atoms with Crippen molar-refractivity contribution in [1.82, 2.24) is 0 Å². The van der Waals surface area contributed by atoms with E-state index in [0.717, 1.165) is 6.42 Å². The van der Waals surface area contributed by atoms with E-state index < -0.39 is 0 Å². The van der Waals surface area contributed by atoms with Crippen LogP contribution in [0.1, 0.15) is 39.0 Å². The summed E-state index contributed by atoms with van der Waals surface area (Å²) in [5.74, 6) is 0. The maximum Gasteiger partial charge on any atom is -0.0537 e. The lowest BCUT2D eigenvalue weighted by Gasteiger charge is -2.11. The van der Waals surface area contributed by atoms with Gasteiger partial charge in [-0.25, -0.2) is 12.6 Å². The van der Waals surface area contributed by atoms with Crippen LogP contribution in [0.15, 0.2) is 12.7 Å². The molecule has 0 aliphatic carbocycles. The van der Waals surface area contributed by atoms with Crippen molar-refractivity contribution in [3.8, 4) is 0 Å². The first kappa shape index (κ1) is 10.8. The first-order chi connectivity index (χ1) is 5.41. The van der Waals surface area contributed by atoms with Gasteiger partial charge in [0.1, 0.15) is 0 Å². The van der Waals surface area contributed by atoms with Crippen LogP contribution in [0, 0.1) is 0 Å². The molecule has 0 bridgehead atoms. The molecular weight excluding hydrogens is 131 g/mol. The van der Waals surface area contributed by atoms with Crippen LogP contribution < -0.4 is 0 Å². The van der Waals surface area contributed by atoms with Gasteiger partial charge in [0, 0.05) is 0 Å². The Bertz CT molecular complexity index is 78.9. The summed E-state index contributed by atoms with van der Waals surface area (Å²) in [4.78, 5) is 0. The van der Waals surface area contributed by atoms with Gasteiger partial charge in [-0.05, 0) is 0 Å². The summed E-state index contributed by atoms with van der Waals surface area (Å²) in [7, 11) is 2.39. The molecule has 11 heavy (non-hydrogen) atoms. The minimum atomic E-state index is 1.15. The average Bonchev–Trinajstić information content (AvgIpc) is 2.03. The number of hydrogen-bond donors (Lipinski definition) is 0. The predicted octanol–water partition coefficient (Wildman–Crippen LogP) is 3.68. The summed E-state index contributed by atoms with van der Waals surface area (Å²) in [6, 6.07) is 0. The van der Waals surface area contributed by atoms with Gasteiger partial charge >= 0.3 is 0 Å². The van der Waals surface area contributed by atoms with Crippen LogP contribution in [0.5, 0.6) is 0 Å². The third-order valence-electron chi connectivity index (χ3n) is 1.84. The Hall–Kier alpha value is -0.195. The molecule has 2 radical (unpaired) electrons. The van der Waals surface area contributed by atoms with Gasteiger partial charge in [0.2, 0.25) is 0 Å². The van der Waals surface area contributed by atoms with Crippen molar-refractivity contribution in [1.29, 1.82) is 0 Å². The molecule has 0 rings (SSSR count). The fourth-order valence-electron chi connectivity index (χ4n) is 1.10. The molecule has 0 heterocycles. The van der Waals surface area contributed by atoms with Crippen LogP contribution in [-0.4, -0.2) is 7.28 Å². The Morgan fingerprint density at radius 1 is 1.18 bits per heavy atom. The molecule has 0 nitrogen and oxygen atoms in total. The lowest BCUT2D eigenvalue weighted by molar-refractivity contribution is 0.699. The van der Waals surface area contributed by atoms with Crippen molar-refractivity contribution in [2.24, 2.45) is 0 Å². The number of rotatable bonds is 8. The summed E-state index contributed by atoms with van der Waals surface area (Å²) >= 11 is 0. The molecule has 0 aromatic carbocycles. The molecule has 0 unspecified atom stereocenters. The van der Waals surface area contributed by atoms with Gasteiger partial charge in [-0.1, -0.05) is 45.1 Å². The molecular formula is C10H20B-. The number of unbranched alkanes of at least 4 members (excludes halogenated alkanes) is 3. The normalized spacial score (nSPS) is 9.91. The number of hydrogen-bond acceptors (Lipinski definition) is 0. The predicted molar refractivity (Wildman–Crippen MR) is 54.3 cm³/mol. The Morgan fingerprint density at radius 3 is 2.64 bits per heavy atom. The highest BCUT2D eigenvalue weighted by Gasteiger charge is 1.80. The Kier molecular flexibility index (Phi) is 9.63. The third-order valence-corrected chi connectivity index (χ3v) is 1.84. The number of allylic oxidation sites excluding steroid dienone is 1. The van der Waals surface area contributed by atoms with Gasteiger partial charge in [-0.2, -0.15) is 0 Å². The second-order valence-corrected chi connectivity index (χ2v) is 3.00. The molecule has 0 atom stereocenters. The van der Waals surface area contributed by atoms with Crippen LogP contribution in [-0.2, 0) is 0 Å². The van der Waals surface area contributed by atoms with Crippen molar-refractivity contribution >= 4 is 7.28 Å². The summed E-state index contributed by atoms with van der Waals surface area (Å²) in [6.07, 6.45) is 11.2. The lowest BCUT2D eigenvalue weighted by atomic mass is 9.68. The van der Waals surface area contributed by atoms with Crippen molar-refractivity contribution in [2.75, 3.05) is 0 Å². The minimum Gasteiger partial charge on any atom is -0.336 e. The van der Waals surface area contributed by atoms with Gasteiger partial charge in [0.25, 0.3) is 0 Å². The summed E-state index contributed by atoms with van der Waals surface area (Å²) in [5.41, 5.74) is 0.